The van der Waals surface area contributed by atoms with E-state index in [0.717, 1.165) is 25.9 Å². The fraction of sp³-hybridized carbons (Fsp3) is 0.474. The lowest BCUT2D eigenvalue weighted by Crippen LogP contribution is -2.26. The van der Waals surface area contributed by atoms with Crippen LogP contribution in [0.3, 0.4) is 0 Å². The molecule has 5 heterocycles. The first kappa shape index (κ1) is 17.8. The van der Waals surface area contributed by atoms with Crippen molar-refractivity contribution in [3.63, 3.8) is 0 Å². The lowest BCUT2D eigenvalue weighted by atomic mass is 9.98. The summed E-state index contributed by atoms with van der Waals surface area (Å²) in [6.45, 7) is 2.88. The molecular formula is C19H20ClFN6O. The van der Waals surface area contributed by atoms with Crippen molar-refractivity contribution in [3.05, 3.63) is 29.2 Å². The maximum Gasteiger partial charge on any atom is 0.251 e. The molecule has 0 amide bonds. The minimum Gasteiger partial charge on any atom is -0.420 e. The SMILES string of the molecule is FC1CCN(c2ccc3ncc(Cl)c(-c4nnc(C5CCNCC5)o4)c3n2)C1. The molecule has 2 saturated heterocycles. The summed E-state index contributed by atoms with van der Waals surface area (Å²) in [5.74, 6) is 1.94. The van der Waals surface area contributed by atoms with Gasteiger partial charge >= 0.3 is 0 Å². The highest BCUT2D eigenvalue weighted by Crippen LogP contribution is 2.35. The number of alkyl halides is 1. The number of hydrogen-bond donors (Lipinski definition) is 1. The van der Waals surface area contributed by atoms with Gasteiger partial charge in [0.1, 0.15) is 17.5 Å². The molecule has 0 bridgehead atoms. The van der Waals surface area contributed by atoms with Gasteiger partial charge in [-0.1, -0.05) is 11.6 Å². The number of aromatic nitrogens is 4. The third-order valence-electron chi connectivity index (χ3n) is 5.45. The monoisotopic (exact) mass is 402 g/mol. The van der Waals surface area contributed by atoms with E-state index in [1.54, 1.807) is 6.20 Å². The molecule has 1 atom stereocenters. The minimum atomic E-state index is -0.821. The zero-order chi connectivity index (χ0) is 19.1. The Morgan fingerprint density at radius 2 is 2.04 bits per heavy atom. The van der Waals surface area contributed by atoms with Crippen LogP contribution < -0.4 is 10.2 Å². The van der Waals surface area contributed by atoms with Gasteiger partial charge in [-0.2, -0.15) is 0 Å². The Morgan fingerprint density at radius 1 is 1.18 bits per heavy atom. The molecule has 7 nitrogen and oxygen atoms in total. The molecule has 28 heavy (non-hydrogen) atoms. The van der Waals surface area contributed by atoms with Crippen LogP contribution in [0, 0.1) is 0 Å². The maximum atomic E-state index is 13.6. The third-order valence-corrected chi connectivity index (χ3v) is 5.74. The Bertz CT molecular complexity index is 1010. The van der Waals surface area contributed by atoms with Gasteiger partial charge in [0.15, 0.2) is 0 Å². The van der Waals surface area contributed by atoms with Gasteiger partial charge in [-0.3, -0.25) is 4.98 Å². The van der Waals surface area contributed by atoms with Gasteiger partial charge in [0, 0.05) is 18.7 Å². The molecule has 9 heteroatoms. The highest BCUT2D eigenvalue weighted by molar-refractivity contribution is 6.34. The molecule has 0 spiro atoms. The molecule has 1 unspecified atom stereocenters. The molecule has 5 rings (SSSR count). The van der Waals surface area contributed by atoms with Crippen LogP contribution in [-0.4, -0.2) is 52.5 Å². The first-order valence-corrected chi connectivity index (χ1v) is 9.95. The predicted octanol–water partition coefficient (Wildman–Crippen LogP) is 3.35. The molecular weight excluding hydrogens is 383 g/mol. The fourth-order valence-electron chi connectivity index (χ4n) is 3.91. The number of anilines is 1. The summed E-state index contributed by atoms with van der Waals surface area (Å²) in [5.41, 5.74) is 1.85. The van der Waals surface area contributed by atoms with E-state index in [9.17, 15) is 4.39 Å². The highest BCUT2D eigenvalue weighted by atomic mass is 35.5. The molecule has 0 radical (unpaired) electrons. The molecule has 3 aromatic heterocycles. The van der Waals surface area contributed by atoms with Crippen LogP contribution in [0.4, 0.5) is 10.2 Å². The van der Waals surface area contributed by atoms with E-state index >= 15 is 0 Å². The smallest absolute Gasteiger partial charge is 0.251 e. The number of rotatable bonds is 3. The number of hydrogen-bond acceptors (Lipinski definition) is 7. The summed E-state index contributed by atoms with van der Waals surface area (Å²) in [6.07, 6.45) is 3.20. The lowest BCUT2D eigenvalue weighted by Gasteiger charge is -2.19. The molecule has 0 saturated carbocycles. The molecule has 2 fully saturated rings. The number of fused-ring (bicyclic) bond motifs is 1. The zero-order valence-electron chi connectivity index (χ0n) is 15.2. The van der Waals surface area contributed by atoms with Gasteiger partial charge in [-0.05, 0) is 44.5 Å². The van der Waals surface area contributed by atoms with Crippen molar-refractivity contribution in [3.8, 4) is 11.5 Å². The van der Waals surface area contributed by atoms with Crippen LogP contribution in [0.2, 0.25) is 5.02 Å². The average molecular weight is 403 g/mol. The van der Waals surface area contributed by atoms with E-state index in [4.69, 9.17) is 21.0 Å². The molecule has 0 aliphatic carbocycles. The fourth-order valence-corrected chi connectivity index (χ4v) is 4.13. The Morgan fingerprint density at radius 3 is 2.82 bits per heavy atom. The Kier molecular flexibility index (Phi) is 4.60. The summed E-state index contributed by atoms with van der Waals surface area (Å²) in [6, 6.07) is 3.73. The molecule has 1 N–H and O–H groups in total. The summed E-state index contributed by atoms with van der Waals surface area (Å²) >= 11 is 6.45. The Balaban J connectivity index is 1.56. The van der Waals surface area contributed by atoms with Crippen LogP contribution in [0.15, 0.2) is 22.7 Å². The van der Waals surface area contributed by atoms with Gasteiger partial charge in [0.25, 0.3) is 5.89 Å². The maximum absolute atomic E-state index is 13.6. The molecule has 0 aromatic carbocycles. The first-order valence-electron chi connectivity index (χ1n) is 9.58. The van der Waals surface area contributed by atoms with Crippen molar-refractivity contribution in [1.29, 1.82) is 0 Å². The van der Waals surface area contributed by atoms with Crippen LogP contribution in [0.25, 0.3) is 22.5 Å². The highest BCUT2D eigenvalue weighted by Gasteiger charge is 2.26. The predicted molar refractivity (Wildman–Crippen MR) is 104 cm³/mol. The normalized spacial score (nSPS) is 20.9. The largest absolute Gasteiger partial charge is 0.420 e. The quantitative estimate of drug-likeness (QED) is 0.719. The van der Waals surface area contributed by atoms with Crippen molar-refractivity contribution in [2.45, 2.75) is 31.4 Å². The zero-order valence-corrected chi connectivity index (χ0v) is 16.0. The summed E-state index contributed by atoms with van der Waals surface area (Å²) in [4.78, 5) is 11.0. The molecule has 2 aliphatic heterocycles. The second-order valence-electron chi connectivity index (χ2n) is 7.32. The van der Waals surface area contributed by atoms with E-state index in [2.05, 4.69) is 20.5 Å². The van der Waals surface area contributed by atoms with Crippen molar-refractivity contribution in [2.75, 3.05) is 31.1 Å². The number of piperidine rings is 1. The summed E-state index contributed by atoms with van der Waals surface area (Å²) in [5, 5.41) is 12.2. The molecule has 2 aliphatic rings. The van der Waals surface area contributed by atoms with E-state index in [1.807, 2.05) is 17.0 Å². The van der Waals surface area contributed by atoms with Gasteiger partial charge in [0.05, 0.1) is 22.6 Å². The Hall–Kier alpha value is -2.32. The second kappa shape index (κ2) is 7.25. The third kappa shape index (κ3) is 3.20. The van der Waals surface area contributed by atoms with E-state index in [-0.39, 0.29) is 5.92 Å². The van der Waals surface area contributed by atoms with E-state index < -0.39 is 6.17 Å². The number of pyridine rings is 2. The van der Waals surface area contributed by atoms with Gasteiger partial charge in [-0.15, -0.1) is 10.2 Å². The summed E-state index contributed by atoms with van der Waals surface area (Å²) in [7, 11) is 0. The number of halogens is 2. The number of nitrogens with zero attached hydrogens (tertiary/aromatic N) is 5. The van der Waals surface area contributed by atoms with Crippen molar-refractivity contribution in [2.24, 2.45) is 0 Å². The first-order chi connectivity index (χ1) is 13.7. The lowest BCUT2D eigenvalue weighted by molar-refractivity contribution is 0.364. The van der Waals surface area contributed by atoms with Crippen LogP contribution in [0.5, 0.6) is 0 Å². The average Bonchev–Trinajstić information content (AvgIpc) is 3.37. The summed E-state index contributed by atoms with van der Waals surface area (Å²) < 4.78 is 19.6. The van der Waals surface area contributed by atoms with Gasteiger partial charge in [0.2, 0.25) is 5.89 Å². The van der Waals surface area contributed by atoms with Crippen LogP contribution in [-0.2, 0) is 0 Å². The van der Waals surface area contributed by atoms with Crippen LogP contribution in [0.1, 0.15) is 31.1 Å². The van der Waals surface area contributed by atoms with Gasteiger partial charge in [-0.25, -0.2) is 9.37 Å². The standard InChI is InChI=1S/C19H20ClFN6O/c20-13-9-23-14-1-2-15(27-8-5-12(21)10-27)24-17(14)16(13)19-26-25-18(28-19)11-3-6-22-7-4-11/h1-2,9,11-12,22H,3-8,10H2. The molecule has 3 aromatic rings. The second-order valence-corrected chi connectivity index (χ2v) is 7.73. The van der Waals surface area contributed by atoms with Gasteiger partial charge < -0.3 is 14.6 Å². The number of nitrogens with one attached hydrogen (secondary N) is 1. The minimum absolute atomic E-state index is 0.254. The molecule has 146 valence electrons. The van der Waals surface area contributed by atoms with E-state index in [1.165, 1.54) is 0 Å². The van der Waals surface area contributed by atoms with Crippen molar-refractivity contribution < 1.29 is 8.81 Å². The Labute approximate surface area is 166 Å². The van der Waals surface area contributed by atoms with E-state index in [0.29, 0.717) is 58.7 Å². The van der Waals surface area contributed by atoms with Crippen molar-refractivity contribution in [1.82, 2.24) is 25.5 Å². The topological polar surface area (TPSA) is 80.0 Å². The van der Waals surface area contributed by atoms with Crippen molar-refractivity contribution >= 4 is 28.5 Å². The van der Waals surface area contributed by atoms with Crippen LogP contribution >= 0.6 is 11.6 Å².